The highest BCUT2D eigenvalue weighted by Crippen LogP contribution is 2.32. The van der Waals surface area contributed by atoms with Crippen LogP contribution in [0.25, 0.3) is 10.2 Å². The minimum absolute atomic E-state index is 0. The molecule has 3 rings (SSSR count). The average Bonchev–Trinajstić information content (AvgIpc) is 3.28. The summed E-state index contributed by atoms with van der Waals surface area (Å²) in [4.78, 5) is 20.8. The number of rotatable bonds is 11. The molecule has 14 heteroatoms. The van der Waals surface area contributed by atoms with Crippen molar-refractivity contribution in [3.05, 3.63) is 53.6 Å². The molecule has 2 aromatic carbocycles. The SMILES string of the molecule is CN(C)CCN(C(=O)c1ccc(S(=O)(=O)N(CCC#N)CCC#N)cc1)c1nc2c(F)cc(F)cc2s1.Cl. The Hall–Kier alpha value is -3.20. The monoisotopic (exact) mass is 582 g/mol. The molecule has 1 aromatic heterocycles. The van der Waals surface area contributed by atoms with Crippen LogP contribution in [0.4, 0.5) is 13.9 Å². The minimum Gasteiger partial charge on any atom is -0.308 e. The van der Waals surface area contributed by atoms with Gasteiger partial charge in [-0.1, -0.05) is 11.3 Å². The van der Waals surface area contributed by atoms with Crippen LogP contribution < -0.4 is 4.90 Å². The first-order chi connectivity index (χ1) is 17.6. The minimum atomic E-state index is -4.00. The Kier molecular flexibility index (Phi) is 11.1. The number of halogens is 3. The fourth-order valence-corrected chi connectivity index (χ4v) is 5.89. The number of nitrogens with zero attached hydrogens (tertiary/aromatic N) is 6. The van der Waals surface area contributed by atoms with Crippen molar-refractivity contribution in [2.75, 3.05) is 45.2 Å². The zero-order valence-electron chi connectivity index (χ0n) is 20.6. The van der Waals surface area contributed by atoms with Crippen molar-refractivity contribution in [1.29, 1.82) is 10.5 Å². The van der Waals surface area contributed by atoms with E-state index >= 15 is 0 Å². The molecule has 0 N–H and O–H groups in total. The second-order valence-electron chi connectivity index (χ2n) is 8.24. The number of carbonyl (C=O) groups is 1. The molecule has 3 aromatic rings. The van der Waals surface area contributed by atoms with Crippen molar-refractivity contribution in [2.24, 2.45) is 0 Å². The van der Waals surface area contributed by atoms with E-state index in [-0.39, 0.29) is 70.7 Å². The molecule has 9 nitrogen and oxygen atoms in total. The molecule has 202 valence electrons. The van der Waals surface area contributed by atoms with Gasteiger partial charge in [-0.25, -0.2) is 22.2 Å². The van der Waals surface area contributed by atoms with Crippen molar-refractivity contribution in [3.8, 4) is 12.1 Å². The van der Waals surface area contributed by atoms with Gasteiger partial charge in [-0.05, 0) is 44.4 Å². The van der Waals surface area contributed by atoms with Gasteiger partial charge in [-0.3, -0.25) is 9.69 Å². The van der Waals surface area contributed by atoms with Crippen LogP contribution in [-0.2, 0) is 10.0 Å². The maximum Gasteiger partial charge on any atom is 0.260 e. The standard InChI is InChI=1S/C24H24F2N6O3S2.ClH/c1-30(2)13-14-32(24-29-22-20(26)15-18(25)16-21(22)36-24)23(33)17-5-7-19(8-6-17)37(34,35)31(11-3-9-27)12-4-10-28;/h5-8,15-16H,3-4,11-14H2,1-2H3;1H. The van der Waals surface area contributed by atoms with Crippen LogP contribution in [0.15, 0.2) is 41.3 Å². The lowest BCUT2D eigenvalue weighted by atomic mass is 10.2. The van der Waals surface area contributed by atoms with E-state index in [4.69, 9.17) is 10.5 Å². The fourth-order valence-electron chi connectivity index (χ4n) is 3.42. The third-order valence-corrected chi connectivity index (χ3v) is 8.27. The quantitative estimate of drug-likeness (QED) is 0.335. The Morgan fingerprint density at radius 1 is 1.00 bits per heavy atom. The molecule has 0 aliphatic rings. The first kappa shape index (κ1) is 31.0. The molecule has 0 saturated carbocycles. The molecule has 0 atom stereocenters. The normalized spacial score (nSPS) is 11.3. The van der Waals surface area contributed by atoms with Crippen LogP contribution in [0.3, 0.4) is 0 Å². The van der Waals surface area contributed by atoms with Gasteiger partial charge in [-0.15, -0.1) is 12.4 Å². The van der Waals surface area contributed by atoms with Crippen molar-refractivity contribution in [1.82, 2.24) is 14.2 Å². The Morgan fingerprint density at radius 2 is 1.61 bits per heavy atom. The van der Waals surface area contributed by atoms with Gasteiger partial charge in [0.2, 0.25) is 10.0 Å². The number of amides is 1. The predicted octanol–water partition coefficient (Wildman–Crippen LogP) is 4.02. The van der Waals surface area contributed by atoms with Gasteiger partial charge in [0.25, 0.3) is 5.91 Å². The molecule has 0 fully saturated rings. The van der Waals surface area contributed by atoms with Gasteiger partial charge < -0.3 is 4.90 Å². The van der Waals surface area contributed by atoms with Gasteiger partial charge >= 0.3 is 0 Å². The predicted molar refractivity (Wildman–Crippen MR) is 143 cm³/mol. The van der Waals surface area contributed by atoms with E-state index < -0.39 is 27.6 Å². The van der Waals surface area contributed by atoms with Gasteiger partial charge in [0.1, 0.15) is 11.3 Å². The Balaban J connectivity index is 0.00000507. The number of benzene rings is 2. The first-order valence-electron chi connectivity index (χ1n) is 11.1. The number of anilines is 1. The average molecular weight is 583 g/mol. The van der Waals surface area contributed by atoms with E-state index in [9.17, 15) is 22.0 Å². The van der Waals surface area contributed by atoms with E-state index in [1.165, 1.54) is 29.2 Å². The zero-order chi connectivity index (χ0) is 27.2. The van der Waals surface area contributed by atoms with Crippen LogP contribution in [0.2, 0.25) is 0 Å². The van der Waals surface area contributed by atoms with Crippen LogP contribution in [-0.4, -0.2) is 68.8 Å². The molecule has 0 aliphatic carbocycles. The maximum absolute atomic E-state index is 14.2. The largest absolute Gasteiger partial charge is 0.308 e. The molecule has 0 spiro atoms. The summed E-state index contributed by atoms with van der Waals surface area (Å²) < 4.78 is 55.3. The molecule has 0 bridgehead atoms. The molecule has 0 unspecified atom stereocenters. The summed E-state index contributed by atoms with van der Waals surface area (Å²) in [6.07, 6.45) is -0.0660. The summed E-state index contributed by atoms with van der Waals surface area (Å²) in [6, 6.07) is 11.0. The Morgan fingerprint density at radius 3 is 2.16 bits per heavy atom. The second-order valence-corrected chi connectivity index (χ2v) is 11.2. The summed E-state index contributed by atoms with van der Waals surface area (Å²) in [5, 5.41) is 17.9. The summed E-state index contributed by atoms with van der Waals surface area (Å²) in [7, 11) is -0.357. The number of aromatic nitrogens is 1. The van der Waals surface area contributed by atoms with E-state index in [2.05, 4.69) is 4.98 Å². The van der Waals surface area contributed by atoms with E-state index in [1.54, 1.807) is 0 Å². The molecule has 0 aliphatic heterocycles. The number of carbonyl (C=O) groups excluding carboxylic acids is 1. The van der Waals surface area contributed by atoms with Gasteiger partial charge in [0.15, 0.2) is 10.9 Å². The van der Waals surface area contributed by atoms with Crippen molar-refractivity contribution in [2.45, 2.75) is 17.7 Å². The summed E-state index contributed by atoms with van der Waals surface area (Å²) in [6.45, 7) is 0.534. The lowest BCUT2D eigenvalue weighted by Gasteiger charge is -2.22. The van der Waals surface area contributed by atoms with Crippen molar-refractivity contribution < 1.29 is 22.0 Å². The van der Waals surface area contributed by atoms with Crippen LogP contribution in [0.5, 0.6) is 0 Å². The highest BCUT2D eigenvalue weighted by molar-refractivity contribution is 7.89. The molecule has 0 saturated heterocycles. The third kappa shape index (κ3) is 7.22. The number of thiazole rings is 1. The number of hydrogen-bond acceptors (Lipinski definition) is 8. The van der Waals surface area contributed by atoms with Crippen molar-refractivity contribution >= 4 is 55.0 Å². The number of likely N-dealkylation sites (N-methyl/N-ethyl adjacent to an activating group) is 1. The van der Waals surface area contributed by atoms with Gasteiger partial charge in [-0.2, -0.15) is 14.8 Å². The van der Waals surface area contributed by atoms with E-state index in [1.807, 2.05) is 31.1 Å². The zero-order valence-corrected chi connectivity index (χ0v) is 23.0. The third-order valence-electron chi connectivity index (χ3n) is 5.33. The number of fused-ring (bicyclic) bond motifs is 1. The molecule has 38 heavy (non-hydrogen) atoms. The van der Waals surface area contributed by atoms with E-state index in [0.29, 0.717) is 6.54 Å². The highest BCUT2D eigenvalue weighted by Gasteiger charge is 2.26. The maximum atomic E-state index is 14.2. The summed E-state index contributed by atoms with van der Waals surface area (Å²) >= 11 is 0.975. The molecule has 1 heterocycles. The number of nitriles is 2. The molecule has 0 radical (unpaired) electrons. The summed E-state index contributed by atoms with van der Waals surface area (Å²) in [5.74, 6) is -2.07. The van der Waals surface area contributed by atoms with Crippen LogP contribution in [0, 0.1) is 34.3 Å². The lowest BCUT2D eigenvalue weighted by molar-refractivity contribution is 0.0985. The summed E-state index contributed by atoms with van der Waals surface area (Å²) in [5.41, 5.74) is 0.129. The Labute approximate surface area is 230 Å². The van der Waals surface area contributed by atoms with Gasteiger partial charge in [0.05, 0.1) is 21.7 Å². The Bertz CT molecular complexity index is 1450. The first-order valence-corrected chi connectivity index (χ1v) is 13.4. The topological polar surface area (TPSA) is 121 Å². The lowest BCUT2D eigenvalue weighted by Crippen LogP contribution is -2.37. The number of hydrogen-bond donors (Lipinski definition) is 0. The number of sulfonamides is 1. The van der Waals surface area contributed by atoms with Gasteiger partial charge in [0, 0.05) is 50.7 Å². The fraction of sp³-hybridized carbons (Fsp3) is 0.333. The van der Waals surface area contributed by atoms with Crippen LogP contribution in [0.1, 0.15) is 23.2 Å². The molecular formula is C24H25ClF2N6O3S2. The van der Waals surface area contributed by atoms with Crippen molar-refractivity contribution in [3.63, 3.8) is 0 Å². The van der Waals surface area contributed by atoms with E-state index in [0.717, 1.165) is 27.8 Å². The smallest absolute Gasteiger partial charge is 0.260 e. The molecule has 1 amide bonds. The second kappa shape index (κ2) is 13.6. The molecular weight excluding hydrogens is 558 g/mol. The highest BCUT2D eigenvalue weighted by atomic mass is 35.5. The van der Waals surface area contributed by atoms with Crippen LogP contribution >= 0.6 is 23.7 Å².